The SMILES string of the molecule is CC(CCc1ccccc1)NC(=O)C1CCCN(c2nnc(N3CCCC3=O)s2)C1. The summed E-state index contributed by atoms with van der Waals surface area (Å²) in [6.07, 6.45) is 5.20. The van der Waals surface area contributed by atoms with Gasteiger partial charge in [-0.1, -0.05) is 41.7 Å². The molecule has 1 aromatic carbocycles. The lowest BCUT2D eigenvalue weighted by molar-refractivity contribution is -0.126. The highest BCUT2D eigenvalue weighted by molar-refractivity contribution is 7.19. The van der Waals surface area contributed by atoms with Crippen LogP contribution in [0.15, 0.2) is 30.3 Å². The van der Waals surface area contributed by atoms with Crippen molar-refractivity contribution in [3.05, 3.63) is 35.9 Å². The lowest BCUT2D eigenvalue weighted by Gasteiger charge is -2.32. The van der Waals surface area contributed by atoms with Crippen molar-refractivity contribution in [3.63, 3.8) is 0 Å². The minimum atomic E-state index is -0.0429. The molecule has 2 atom stereocenters. The molecule has 30 heavy (non-hydrogen) atoms. The Balaban J connectivity index is 1.29. The molecule has 0 aliphatic carbocycles. The molecule has 0 saturated carbocycles. The topological polar surface area (TPSA) is 78.4 Å². The first-order valence-corrected chi connectivity index (χ1v) is 11.6. The van der Waals surface area contributed by atoms with Crippen molar-refractivity contribution in [2.24, 2.45) is 5.92 Å². The van der Waals surface area contributed by atoms with E-state index < -0.39 is 0 Å². The Bertz CT molecular complexity index is 871. The molecule has 0 spiro atoms. The van der Waals surface area contributed by atoms with Gasteiger partial charge in [0.15, 0.2) is 0 Å². The number of carbonyl (C=O) groups is 2. The van der Waals surface area contributed by atoms with Crippen LogP contribution in [0.5, 0.6) is 0 Å². The number of aryl methyl sites for hydroxylation is 1. The smallest absolute Gasteiger partial charge is 0.228 e. The first-order valence-electron chi connectivity index (χ1n) is 10.8. The zero-order chi connectivity index (χ0) is 20.9. The molecular formula is C22H29N5O2S. The van der Waals surface area contributed by atoms with Crippen molar-refractivity contribution in [2.75, 3.05) is 29.4 Å². The fourth-order valence-corrected chi connectivity index (χ4v) is 5.05. The Hall–Kier alpha value is -2.48. The van der Waals surface area contributed by atoms with E-state index in [1.54, 1.807) is 4.90 Å². The van der Waals surface area contributed by atoms with Gasteiger partial charge in [0.25, 0.3) is 0 Å². The Morgan fingerprint density at radius 1 is 1.20 bits per heavy atom. The molecule has 2 fully saturated rings. The number of piperidine rings is 1. The molecule has 8 heteroatoms. The second-order valence-corrected chi connectivity index (χ2v) is 9.17. The average Bonchev–Trinajstić information content (AvgIpc) is 3.42. The molecule has 3 heterocycles. The van der Waals surface area contributed by atoms with Crippen LogP contribution in [0.3, 0.4) is 0 Å². The molecule has 1 aromatic heterocycles. The fraction of sp³-hybridized carbons (Fsp3) is 0.545. The second kappa shape index (κ2) is 9.55. The summed E-state index contributed by atoms with van der Waals surface area (Å²) >= 11 is 1.45. The molecule has 2 aliphatic rings. The maximum atomic E-state index is 12.8. The van der Waals surface area contributed by atoms with Gasteiger partial charge < -0.3 is 10.2 Å². The molecular weight excluding hydrogens is 398 g/mol. The Morgan fingerprint density at radius 2 is 2.00 bits per heavy atom. The lowest BCUT2D eigenvalue weighted by atomic mass is 9.96. The molecule has 0 bridgehead atoms. The summed E-state index contributed by atoms with van der Waals surface area (Å²) in [5.74, 6) is 0.205. The summed E-state index contributed by atoms with van der Waals surface area (Å²) in [5, 5.41) is 13.2. The van der Waals surface area contributed by atoms with Gasteiger partial charge in [0.2, 0.25) is 22.1 Å². The minimum absolute atomic E-state index is 0.0429. The first kappa shape index (κ1) is 20.8. The number of nitrogens with one attached hydrogen (secondary N) is 1. The quantitative estimate of drug-likeness (QED) is 0.735. The van der Waals surface area contributed by atoms with E-state index in [0.29, 0.717) is 18.1 Å². The fourth-order valence-electron chi connectivity index (χ4n) is 4.12. The summed E-state index contributed by atoms with van der Waals surface area (Å²) in [4.78, 5) is 28.6. The largest absolute Gasteiger partial charge is 0.353 e. The zero-order valence-corrected chi connectivity index (χ0v) is 18.2. The maximum absolute atomic E-state index is 12.8. The number of anilines is 2. The van der Waals surface area contributed by atoms with Crippen LogP contribution in [0, 0.1) is 5.92 Å². The Labute approximate surface area is 181 Å². The van der Waals surface area contributed by atoms with Crippen molar-refractivity contribution in [3.8, 4) is 0 Å². The molecule has 4 rings (SSSR count). The van der Waals surface area contributed by atoms with E-state index >= 15 is 0 Å². The van der Waals surface area contributed by atoms with Gasteiger partial charge in [0.1, 0.15) is 0 Å². The van der Waals surface area contributed by atoms with Gasteiger partial charge >= 0.3 is 0 Å². The average molecular weight is 428 g/mol. The van der Waals surface area contributed by atoms with E-state index in [-0.39, 0.29) is 23.8 Å². The van der Waals surface area contributed by atoms with Crippen molar-refractivity contribution in [1.29, 1.82) is 0 Å². The van der Waals surface area contributed by atoms with Crippen LogP contribution in [-0.2, 0) is 16.0 Å². The number of rotatable bonds is 7. The Morgan fingerprint density at radius 3 is 2.77 bits per heavy atom. The number of amides is 2. The van der Waals surface area contributed by atoms with Crippen LogP contribution in [0.25, 0.3) is 0 Å². The molecule has 0 radical (unpaired) electrons. The molecule has 2 amide bonds. The molecule has 2 unspecified atom stereocenters. The van der Waals surface area contributed by atoms with E-state index in [9.17, 15) is 9.59 Å². The summed E-state index contributed by atoms with van der Waals surface area (Å²) < 4.78 is 0. The van der Waals surface area contributed by atoms with E-state index in [4.69, 9.17) is 0 Å². The van der Waals surface area contributed by atoms with Gasteiger partial charge in [-0.05, 0) is 44.6 Å². The third-order valence-electron chi connectivity index (χ3n) is 5.87. The van der Waals surface area contributed by atoms with Gasteiger partial charge in [0.05, 0.1) is 5.92 Å². The molecule has 2 aromatic rings. The maximum Gasteiger partial charge on any atom is 0.228 e. The lowest BCUT2D eigenvalue weighted by Crippen LogP contribution is -2.45. The van der Waals surface area contributed by atoms with Gasteiger partial charge in [-0.3, -0.25) is 14.5 Å². The third kappa shape index (κ3) is 4.98. The molecule has 7 nitrogen and oxygen atoms in total. The molecule has 2 saturated heterocycles. The number of hydrogen-bond donors (Lipinski definition) is 1. The van der Waals surface area contributed by atoms with E-state index in [1.165, 1.54) is 16.9 Å². The summed E-state index contributed by atoms with van der Waals surface area (Å²) in [7, 11) is 0. The normalized spacial score (nSPS) is 20.4. The van der Waals surface area contributed by atoms with Crippen molar-refractivity contribution >= 4 is 33.4 Å². The number of carbonyl (C=O) groups excluding carboxylic acids is 2. The van der Waals surface area contributed by atoms with Gasteiger partial charge in [-0.2, -0.15) is 0 Å². The van der Waals surface area contributed by atoms with Crippen molar-refractivity contribution < 1.29 is 9.59 Å². The molecule has 2 aliphatic heterocycles. The van der Waals surface area contributed by atoms with Gasteiger partial charge in [0, 0.05) is 32.1 Å². The number of nitrogens with zero attached hydrogens (tertiary/aromatic N) is 4. The third-order valence-corrected chi connectivity index (χ3v) is 6.88. The standard InChI is InChI=1S/C22H29N5O2S/c1-16(11-12-17-7-3-2-4-8-17)23-20(29)18-9-5-13-26(15-18)21-24-25-22(30-21)27-14-6-10-19(27)28/h2-4,7-8,16,18H,5-6,9-15H2,1H3,(H,23,29). The van der Waals surface area contributed by atoms with Crippen LogP contribution < -0.4 is 15.1 Å². The molecule has 160 valence electrons. The predicted molar refractivity (Wildman–Crippen MR) is 119 cm³/mol. The second-order valence-electron chi connectivity index (χ2n) is 8.24. The number of benzene rings is 1. The highest BCUT2D eigenvalue weighted by atomic mass is 32.1. The Kier molecular flexibility index (Phi) is 6.62. The van der Waals surface area contributed by atoms with E-state index in [2.05, 4.69) is 39.5 Å². The minimum Gasteiger partial charge on any atom is -0.353 e. The van der Waals surface area contributed by atoms with E-state index in [1.807, 2.05) is 18.2 Å². The van der Waals surface area contributed by atoms with E-state index in [0.717, 1.165) is 50.3 Å². The van der Waals surface area contributed by atoms with Crippen LogP contribution in [-0.4, -0.2) is 47.7 Å². The highest BCUT2D eigenvalue weighted by Crippen LogP contribution is 2.32. The number of hydrogen-bond acceptors (Lipinski definition) is 6. The molecule has 1 N–H and O–H groups in total. The first-order chi connectivity index (χ1) is 14.6. The van der Waals surface area contributed by atoms with Crippen LogP contribution in [0.4, 0.5) is 10.3 Å². The van der Waals surface area contributed by atoms with Crippen molar-refractivity contribution in [2.45, 2.75) is 51.5 Å². The van der Waals surface area contributed by atoms with Crippen LogP contribution in [0.1, 0.15) is 44.6 Å². The van der Waals surface area contributed by atoms with Gasteiger partial charge in [-0.15, -0.1) is 10.2 Å². The van der Waals surface area contributed by atoms with Crippen molar-refractivity contribution in [1.82, 2.24) is 15.5 Å². The summed E-state index contributed by atoms with van der Waals surface area (Å²) in [6.45, 7) is 4.32. The summed E-state index contributed by atoms with van der Waals surface area (Å²) in [5.41, 5.74) is 1.30. The predicted octanol–water partition coefficient (Wildman–Crippen LogP) is 3.02. The monoisotopic (exact) mass is 427 g/mol. The zero-order valence-electron chi connectivity index (χ0n) is 17.4. The summed E-state index contributed by atoms with van der Waals surface area (Å²) in [6, 6.07) is 10.5. The number of aromatic nitrogens is 2. The van der Waals surface area contributed by atoms with Crippen LogP contribution >= 0.6 is 11.3 Å². The van der Waals surface area contributed by atoms with Gasteiger partial charge in [-0.25, -0.2) is 0 Å². The van der Waals surface area contributed by atoms with Crippen LogP contribution in [0.2, 0.25) is 0 Å². The highest BCUT2D eigenvalue weighted by Gasteiger charge is 2.30.